The van der Waals surface area contributed by atoms with E-state index in [0.29, 0.717) is 23.2 Å². The molecule has 16 heavy (non-hydrogen) atoms. The molecule has 4 atom stereocenters. The van der Waals surface area contributed by atoms with Crippen molar-refractivity contribution in [3.63, 3.8) is 0 Å². The topological polar surface area (TPSA) is 20.2 Å². The molecule has 1 rings (SSSR count). The molecule has 0 amide bonds. The van der Waals surface area contributed by atoms with Gasteiger partial charge in [0.25, 0.3) is 0 Å². The van der Waals surface area contributed by atoms with E-state index in [1.165, 1.54) is 12.8 Å². The minimum Gasteiger partial charge on any atom is -0.390 e. The van der Waals surface area contributed by atoms with Crippen molar-refractivity contribution >= 4 is 0 Å². The van der Waals surface area contributed by atoms with E-state index >= 15 is 0 Å². The van der Waals surface area contributed by atoms with Crippen LogP contribution >= 0.6 is 0 Å². The van der Waals surface area contributed by atoms with E-state index < -0.39 is 5.60 Å². The summed E-state index contributed by atoms with van der Waals surface area (Å²) in [6, 6.07) is 0. The highest BCUT2D eigenvalue weighted by Gasteiger charge is 2.45. The van der Waals surface area contributed by atoms with Crippen LogP contribution in [-0.4, -0.2) is 10.7 Å². The first-order valence-electron chi connectivity index (χ1n) is 6.76. The Balaban J connectivity index is 2.86. The molecule has 0 aliphatic heterocycles. The first-order valence-corrected chi connectivity index (χ1v) is 6.76. The Kier molecular flexibility index (Phi) is 3.79. The Morgan fingerprint density at radius 2 is 1.56 bits per heavy atom. The molecule has 0 radical (unpaired) electrons. The van der Waals surface area contributed by atoms with Gasteiger partial charge in [0, 0.05) is 0 Å². The Morgan fingerprint density at radius 1 is 1.06 bits per heavy atom. The Bertz CT molecular complexity index is 231. The molecular weight excluding hydrogens is 196 g/mol. The minimum absolute atomic E-state index is 0.345. The van der Waals surface area contributed by atoms with Gasteiger partial charge in [-0.15, -0.1) is 0 Å². The van der Waals surface area contributed by atoms with Crippen molar-refractivity contribution in [1.29, 1.82) is 0 Å². The predicted molar refractivity (Wildman–Crippen MR) is 70.3 cm³/mol. The second-order valence-electron chi connectivity index (χ2n) is 7.66. The highest BCUT2D eigenvalue weighted by atomic mass is 16.3. The van der Waals surface area contributed by atoms with Gasteiger partial charge >= 0.3 is 0 Å². The van der Waals surface area contributed by atoms with Crippen molar-refractivity contribution in [3.05, 3.63) is 0 Å². The maximum atomic E-state index is 10.3. The molecule has 0 aromatic carbocycles. The molecule has 0 heterocycles. The smallest absolute Gasteiger partial charge is 0.0622 e. The van der Waals surface area contributed by atoms with Crippen LogP contribution in [0.2, 0.25) is 0 Å². The van der Waals surface area contributed by atoms with Crippen LogP contribution in [0, 0.1) is 29.1 Å². The SMILES string of the molecule is CC1CC(C(C)C(C)(C)C)C(C(C)(C)O)C1. The molecule has 1 heteroatoms. The van der Waals surface area contributed by atoms with Gasteiger partial charge in [-0.3, -0.25) is 0 Å². The zero-order chi connectivity index (χ0) is 12.7. The maximum absolute atomic E-state index is 10.3. The summed E-state index contributed by atoms with van der Waals surface area (Å²) in [5, 5.41) is 10.3. The zero-order valence-corrected chi connectivity index (χ0v) is 12.2. The lowest BCUT2D eigenvalue weighted by Gasteiger charge is -2.39. The summed E-state index contributed by atoms with van der Waals surface area (Å²) in [5.74, 6) is 2.59. The van der Waals surface area contributed by atoms with E-state index in [2.05, 4.69) is 34.6 Å². The van der Waals surface area contributed by atoms with Crippen LogP contribution in [0.5, 0.6) is 0 Å². The fourth-order valence-corrected chi connectivity index (χ4v) is 3.34. The third-order valence-electron chi connectivity index (χ3n) is 4.76. The first-order chi connectivity index (χ1) is 7.03. The average Bonchev–Trinajstić information content (AvgIpc) is 2.43. The van der Waals surface area contributed by atoms with Crippen molar-refractivity contribution in [2.45, 2.75) is 66.9 Å². The molecule has 0 spiro atoms. The van der Waals surface area contributed by atoms with Crippen molar-refractivity contribution < 1.29 is 5.11 Å². The van der Waals surface area contributed by atoms with Crippen LogP contribution in [0.15, 0.2) is 0 Å². The second-order valence-corrected chi connectivity index (χ2v) is 7.66. The second kappa shape index (κ2) is 4.33. The molecule has 1 aliphatic rings. The lowest BCUT2D eigenvalue weighted by atomic mass is 9.67. The molecule has 0 bridgehead atoms. The summed E-state index contributed by atoms with van der Waals surface area (Å²) >= 11 is 0. The number of hydrogen-bond acceptors (Lipinski definition) is 1. The van der Waals surface area contributed by atoms with Gasteiger partial charge in [0.05, 0.1) is 5.60 Å². The van der Waals surface area contributed by atoms with Crippen LogP contribution in [0.4, 0.5) is 0 Å². The van der Waals surface area contributed by atoms with Crippen LogP contribution in [0.3, 0.4) is 0 Å². The van der Waals surface area contributed by atoms with Crippen LogP contribution in [0.25, 0.3) is 0 Å². The Labute approximate surface area is 102 Å². The molecule has 0 saturated heterocycles. The predicted octanol–water partition coefficient (Wildman–Crippen LogP) is 4.10. The fraction of sp³-hybridized carbons (Fsp3) is 1.00. The number of hydrogen-bond donors (Lipinski definition) is 1. The van der Waals surface area contributed by atoms with E-state index in [4.69, 9.17) is 0 Å². The lowest BCUT2D eigenvalue weighted by Crippen LogP contribution is -2.38. The standard InChI is InChI=1S/C15H30O/c1-10-8-12(11(2)14(3,4)5)13(9-10)15(6,7)16/h10-13,16H,8-9H2,1-7H3. The van der Waals surface area contributed by atoms with Gasteiger partial charge in [-0.2, -0.15) is 0 Å². The van der Waals surface area contributed by atoms with Crippen molar-refractivity contribution in [3.8, 4) is 0 Å². The highest BCUT2D eigenvalue weighted by molar-refractivity contribution is 4.94. The van der Waals surface area contributed by atoms with Gasteiger partial charge in [0.2, 0.25) is 0 Å². The Hall–Kier alpha value is -0.0400. The summed E-state index contributed by atoms with van der Waals surface area (Å²) in [6.45, 7) is 15.6. The van der Waals surface area contributed by atoms with Crippen LogP contribution in [-0.2, 0) is 0 Å². The quantitative estimate of drug-likeness (QED) is 0.751. The summed E-state index contributed by atoms with van der Waals surface area (Å²) in [4.78, 5) is 0. The summed E-state index contributed by atoms with van der Waals surface area (Å²) in [6.07, 6.45) is 2.47. The Morgan fingerprint density at radius 3 is 1.94 bits per heavy atom. The van der Waals surface area contributed by atoms with Gasteiger partial charge in [0.1, 0.15) is 0 Å². The molecule has 1 nitrogen and oxygen atoms in total. The summed E-state index contributed by atoms with van der Waals surface area (Å²) in [5.41, 5.74) is -0.173. The number of aliphatic hydroxyl groups is 1. The summed E-state index contributed by atoms with van der Waals surface area (Å²) in [7, 11) is 0. The largest absolute Gasteiger partial charge is 0.390 e. The van der Waals surface area contributed by atoms with E-state index in [9.17, 15) is 5.11 Å². The van der Waals surface area contributed by atoms with Crippen molar-refractivity contribution in [2.75, 3.05) is 0 Å². The molecule has 1 saturated carbocycles. The van der Waals surface area contributed by atoms with Gasteiger partial charge in [0.15, 0.2) is 0 Å². The van der Waals surface area contributed by atoms with E-state index in [0.717, 1.165) is 5.92 Å². The maximum Gasteiger partial charge on any atom is 0.0622 e. The number of rotatable bonds is 2. The normalized spacial score (nSPS) is 34.1. The van der Waals surface area contributed by atoms with Crippen LogP contribution < -0.4 is 0 Å². The molecule has 4 unspecified atom stereocenters. The van der Waals surface area contributed by atoms with E-state index in [1.54, 1.807) is 0 Å². The molecule has 0 aromatic heterocycles. The molecule has 1 aliphatic carbocycles. The van der Waals surface area contributed by atoms with E-state index in [1.807, 2.05) is 13.8 Å². The third kappa shape index (κ3) is 3.00. The molecule has 0 aromatic rings. The van der Waals surface area contributed by atoms with Gasteiger partial charge in [-0.1, -0.05) is 34.6 Å². The fourth-order valence-electron chi connectivity index (χ4n) is 3.34. The van der Waals surface area contributed by atoms with Gasteiger partial charge < -0.3 is 5.11 Å². The summed E-state index contributed by atoms with van der Waals surface area (Å²) < 4.78 is 0. The van der Waals surface area contributed by atoms with Gasteiger partial charge in [-0.25, -0.2) is 0 Å². The van der Waals surface area contributed by atoms with Gasteiger partial charge in [-0.05, 0) is 55.8 Å². The minimum atomic E-state index is -0.519. The van der Waals surface area contributed by atoms with E-state index in [-0.39, 0.29) is 0 Å². The third-order valence-corrected chi connectivity index (χ3v) is 4.76. The molecule has 96 valence electrons. The molecule has 1 fully saturated rings. The first kappa shape index (κ1) is 14.0. The zero-order valence-electron chi connectivity index (χ0n) is 12.2. The highest BCUT2D eigenvalue weighted by Crippen LogP contribution is 2.49. The van der Waals surface area contributed by atoms with Crippen molar-refractivity contribution in [1.82, 2.24) is 0 Å². The molecule has 1 N–H and O–H groups in total. The average molecular weight is 226 g/mol. The van der Waals surface area contributed by atoms with Crippen LogP contribution in [0.1, 0.15) is 61.3 Å². The monoisotopic (exact) mass is 226 g/mol. The van der Waals surface area contributed by atoms with Crippen molar-refractivity contribution in [2.24, 2.45) is 29.1 Å². The molecular formula is C15H30O. The lowest BCUT2D eigenvalue weighted by molar-refractivity contribution is -0.0231.